The number of rotatable bonds is 3. The van der Waals surface area contributed by atoms with Crippen LogP contribution in [-0.4, -0.2) is 27.4 Å². The number of aromatic nitrogens is 2. The first-order valence-electron chi connectivity index (χ1n) is 8.07. The molecule has 3 rings (SSSR count). The molecule has 126 valence electrons. The van der Waals surface area contributed by atoms with E-state index in [1.54, 1.807) is 16.2 Å². The summed E-state index contributed by atoms with van der Waals surface area (Å²) in [6.07, 6.45) is 0. The van der Waals surface area contributed by atoms with Gasteiger partial charge in [-0.15, -0.1) is 11.3 Å². The van der Waals surface area contributed by atoms with Crippen molar-refractivity contribution >= 4 is 28.1 Å². The Hall–Kier alpha value is -2.14. The molecule has 0 N–H and O–H groups in total. The van der Waals surface area contributed by atoms with Gasteiger partial charge in [0.15, 0.2) is 0 Å². The van der Waals surface area contributed by atoms with Crippen molar-refractivity contribution in [1.82, 2.24) is 14.5 Å². The van der Waals surface area contributed by atoms with Crippen molar-refractivity contribution in [3.05, 3.63) is 51.1 Å². The lowest BCUT2D eigenvalue weighted by molar-refractivity contribution is 0.0730. The van der Waals surface area contributed by atoms with Crippen LogP contribution >= 0.6 is 11.3 Å². The Balaban J connectivity index is 1.98. The first kappa shape index (κ1) is 16.7. The van der Waals surface area contributed by atoms with Crippen molar-refractivity contribution in [2.24, 2.45) is 7.05 Å². The fourth-order valence-electron chi connectivity index (χ4n) is 3.30. The molecule has 0 spiro atoms. The number of thiazole rings is 1. The van der Waals surface area contributed by atoms with Gasteiger partial charge in [-0.1, -0.05) is 18.2 Å². The minimum Gasteiger partial charge on any atom is -0.339 e. The number of amides is 1. The first-order chi connectivity index (χ1) is 11.3. The van der Waals surface area contributed by atoms with Gasteiger partial charge in [-0.3, -0.25) is 4.79 Å². The summed E-state index contributed by atoms with van der Waals surface area (Å²) in [4.78, 5) is 20.6. The van der Waals surface area contributed by atoms with Crippen molar-refractivity contribution in [3.63, 3.8) is 0 Å². The van der Waals surface area contributed by atoms with Gasteiger partial charge in [-0.05, 0) is 39.3 Å². The molecular formula is C19H23N3OS. The van der Waals surface area contributed by atoms with Crippen molar-refractivity contribution in [2.75, 3.05) is 7.05 Å². The van der Waals surface area contributed by atoms with Crippen molar-refractivity contribution in [2.45, 2.75) is 33.7 Å². The number of hydrogen-bond acceptors (Lipinski definition) is 3. The number of nitrogens with zero attached hydrogens (tertiary/aromatic N) is 3. The molecule has 5 heteroatoms. The molecule has 0 fully saturated rings. The molecule has 1 amide bonds. The number of fused-ring (bicyclic) bond motifs is 1. The maximum Gasteiger partial charge on any atom is 0.270 e. The third kappa shape index (κ3) is 2.63. The predicted octanol–water partition coefficient (Wildman–Crippen LogP) is 4.39. The smallest absolute Gasteiger partial charge is 0.270 e. The molecule has 2 heterocycles. The van der Waals surface area contributed by atoms with Crippen LogP contribution in [0.4, 0.5) is 0 Å². The number of carbonyl (C=O) groups is 1. The van der Waals surface area contributed by atoms with Crippen LogP contribution in [0.2, 0.25) is 0 Å². The minimum absolute atomic E-state index is 0.0191. The van der Waals surface area contributed by atoms with E-state index in [1.165, 1.54) is 10.4 Å². The highest BCUT2D eigenvalue weighted by Gasteiger charge is 2.25. The SMILES string of the molecule is Cc1nc([C@H](C)N(C)C(=O)c2cc3cccc(C)c3n2C)c(C)s1. The van der Waals surface area contributed by atoms with Gasteiger partial charge in [-0.2, -0.15) is 0 Å². The van der Waals surface area contributed by atoms with E-state index in [4.69, 9.17) is 0 Å². The molecule has 0 radical (unpaired) electrons. The monoisotopic (exact) mass is 341 g/mol. The lowest BCUT2D eigenvalue weighted by Gasteiger charge is -2.24. The molecule has 1 atom stereocenters. The second-order valence-corrected chi connectivity index (χ2v) is 7.78. The molecule has 0 saturated carbocycles. The molecule has 1 aromatic carbocycles. The van der Waals surface area contributed by atoms with Crippen LogP contribution in [0.25, 0.3) is 10.9 Å². The zero-order chi connectivity index (χ0) is 17.6. The zero-order valence-electron chi connectivity index (χ0n) is 15.0. The van der Waals surface area contributed by atoms with Crippen LogP contribution in [0.5, 0.6) is 0 Å². The summed E-state index contributed by atoms with van der Waals surface area (Å²) in [7, 11) is 3.81. The molecule has 0 bridgehead atoms. The zero-order valence-corrected chi connectivity index (χ0v) is 15.9. The summed E-state index contributed by atoms with van der Waals surface area (Å²) in [5.41, 5.74) is 3.99. The Labute approximate surface area is 146 Å². The summed E-state index contributed by atoms with van der Waals surface area (Å²) in [5, 5.41) is 2.14. The molecule has 0 aliphatic carbocycles. The molecule has 3 aromatic rings. The van der Waals surface area contributed by atoms with E-state index in [0.717, 1.165) is 21.6 Å². The highest BCUT2D eigenvalue weighted by atomic mass is 32.1. The molecule has 0 aliphatic heterocycles. The Kier molecular flexibility index (Phi) is 4.22. The Morgan fingerprint density at radius 2 is 2.00 bits per heavy atom. The van der Waals surface area contributed by atoms with Crippen molar-refractivity contribution < 1.29 is 4.79 Å². The first-order valence-corrected chi connectivity index (χ1v) is 8.89. The number of aryl methyl sites for hydroxylation is 4. The minimum atomic E-state index is -0.0541. The van der Waals surface area contributed by atoms with E-state index in [0.29, 0.717) is 5.69 Å². The Bertz CT molecular complexity index is 922. The van der Waals surface area contributed by atoms with Crippen LogP contribution in [0.3, 0.4) is 0 Å². The second kappa shape index (κ2) is 6.06. The fraction of sp³-hybridized carbons (Fsp3) is 0.368. The molecular weight excluding hydrogens is 318 g/mol. The van der Waals surface area contributed by atoms with Gasteiger partial charge in [0, 0.05) is 24.4 Å². The second-order valence-electron chi connectivity index (χ2n) is 6.37. The van der Waals surface area contributed by atoms with Crippen LogP contribution < -0.4 is 0 Å². The van der Waals surface area contributed by atoms with Crippen LogP contribution in [-0.2, 0) is 7.05 Å². The van der Waals surface area contributed by atoms with E-state index in [2.05, 4.69) is 31.0 Å². The van der Waals surface area contributed by atoms with Crippen molar-refractivity contribution in [1.29, 1.82) is 0 Å². The van der Waals surface area contributed by atoms with E-state index in [-0.39, 0.29) is 11.9 Å². The van der Waals surface area contributed by atoms with Crippen molar-refractivity contribution in [3.8, 4) is 0 Å². The van der Waals surface area contributed by atoms with E-state index >= 15 is 0 Å². The topological polar surface area (TPSA) is 38.1 Å². The lowest BCUT2D eigenvalue weighted by atomic mass is 10.1. The highest BCUT2D eigenvalue weighted by Crippen LogP contribution is 2.28. The van der Waals surface area contributed by atoms with Crippen LogP contribution in [0.15, 0.2) is 24.3 Å². The number of carbonyl (C=O) groups excluding carboxylic acids is 1. The number of benzene rings is 1. The molecule has 0 aliphatic rings. The maximum absolute atomic E-state index is 13.1. The molecule has 0 unspecified atom stereocenters. The van der Waals surface area contributed by atoms with Crippen LogP contribution in [0, 0.1) is 20.8 Å². The average Bonchev–Trinajstić information content (AvgIpc) is 3.05. The van der Waals surface area contributed by atoms with E-state index < -0.39 is 0 Å². The number of hydrogen-bond donors (Lipinski definition) is 0. The molecule has 24 heavy (non-hydrogen) atoms. The lowest BCUT2D eigenvalue weighted by Crippen LogP contribution is -2.31. The molecule has 2 aromatic heterocycles. The largest absolute Gasteiger partial charge is 0.339 e. The molecule has 4 nitrogen and oxygen atoms in total. The summed E-state index contributed by atoms with van der Waals surface area (Å²) >= 11 is 1.68. The van der Waals surface area contributed by atoms with Gasteiger partial charge in [0.25, 0.3) is 5.91 Å². The Morgan fingerprint density at radius 3 is 2.58 bits per heavy atom. The third-order valence-electron chi connectivity index (χ3n) is 4.71. The van der Waals surface area contributed by atoms with Gasteiger partial charge in [0.05, 0.1) is 22.3 Å². The standard InChI is InChI=1S/C19H23N3OS/c1-11-8-7-9-15-10-16(22(6)18(11)15)19(23)21(5)12(2)17-13(3)24-14(4)20-17/h7-10,12H,1-6H3/t12-/m0/s1. The van der Waals surface area contributed by atoms with Gasteiger partial charge >= 0.3 is 0 Å². The maximum atomic E-state index is 13.1. The summed E-state index contributed by atoms with van der Waals surface area (Å²) in [6.45, 7) is 8.18. The highest BCUT2D eigenvalue weighted by molar-refractivity contribution is 7.11. The summed E-state index contributed by atoms with van der Waals surface area (Å²) in [6, 6.07) is 8.08. The van der Waals surface area contributed by atoms with E-state index in [9.17, 15) is 4.79 Å². The number of para-hydroxylation sites is 1. The predicted molar refractivity (Wildman–Crippen MR) is 99.8 cm³/mol. The summed E-state index contributed by atoms with van der Waals surface area (Å²) < 4.78 is 2.00. The Morgan fingerprint density at radius 1 is 1.29 bits per heavy atom. The van der Waals surface area contributed by atoms with Gasteiger partial charge in [0.1, 0.15) is 5.69 Å². The van der Waals surface area contributed by atoms with Gasteiger partial charge in [0.2, 0.25) is 0 Å². The normalized spacial score (nSPS) is 12.6. The third-order valence-corrected chi connectivity index (χ3v) is 5.62. The average molecular weight is 341 g/mol. The molecule has 0 saturated heterocycles. The van der Waals surface area contributed by atoms with Gasteiger partial charge < -0.3 is 9.47 Å². The van der Waals surface area contributed by atoms with Crippen LogP contribution in [0.1, 0.15) is 44.6 Å². The fourth-order valence-corrected chi connectivity index (χ4v) is 4.21. The van der Waals surface area contributed by atoms with Gasteiger partial charge in [-0.25, -0.2) is 4.98 Å². The van der Waals surface area contributed by atoms with E-state index in [1.807, 2.05) is 44.6 Å². The summed E-state index contributed by atoms with van der Waals surface area (Å²) in [5.74, 6) is 0.0191. The quantitative estimate of drug-likeness (QED) is 0.708.